The number of hydrogen-bond acceptors (Lipinski definition) is 3. The number of halogens is 6. The zero-order chi connectivity index (χ0) is 21.4. The van der Waals surface area contributed by atoms with E-state index < -0.39 is 63.5 Å². The van der Waals surface area contributed by atoms with Crippen LogP contribution in [-0.4, -0.2) is 27.9 Å². The van der Waals surface area contributed by atoms with Crippen molar-refractivity contribution in [2.75, 3.05) is 0 Å². The van der Waals surface area contributed by atoms with E-state index >= 15 is 0 Å². The minimum absolute atomic E-state index is 0.133. The van der Waals surface area contributed by atoms with Gasteiger partial charge in [-0.3, -0.25) is 4.79 Å². The van der Waals surface area contributed by atoms with E-state index in [0.717, 1.165) is 0 Å². The Morgan fingerprint density at radius 2 is 0.964 bits per heavy atom. The number of carboxylic acids is 2. The maximum atomic E-state index is 13.2. The van der Waals surface area contributed by atoms with Gasteiger partial charge in [-0.05, 0) is 36.4 Å². The first kappa shape index (κ1) is 20.9. The van der Waals surface area contributed by atoms with Gasteiger partial charge in [-0.15, -0.1) is 0 Å². The highest BCUT2D eigenvalue weighted by Gasteiger charge is 2.40. The molecule has 0 fully saturated rings. The van der Waals surface area contributed by atoms with Crippen LogP contribution in [0, 0.1) is 0 Å². The van der Waals surface area contributed by atoms with Crippen molar-refractivity contribution < 1.29 is 50.9 Å². The first-order valence-corrected chi connectivity index (χ1v) is 7.17. The molecule has 0 amide bonds. The molecule has 0 atom stereocenters. The molecule has 2 rings (SSSR count). The van der Waals surface area contributed by atoms with Gasteiger partial charge >= 0.3 is 24.3 Å². The van der Waals surface area contributed by atoms with E-state index in [1.54, 1.807) is 0 Å². The second-order valence-corrected chi connectivity index (χ2v) is 5.46. The molecule has 0 heterocycles. The van der Waals surface area contributed by atoms with Crippen molar-refractivity contribution in [2.45, 2.75) is 12.4 Å². The third-order valence-corrected chi connectivity index (χ3v) is 3.63. The summed E-state index contributed by atoms with van der Waals surface area (Å²) in [6.07, 6.45) is -10.5. The first-order valence-electron chi connectivity index (χ1n) is 7.17. The Labute approximate surface area is 151 Å². The van der Waals surface area contributed by atoms with E-state index in [-0.39, 0.29) is 12.1 Å². The van der Waals surface area contributed by atoms with Gasteiger partial charge in [0.1, 0.15) is 0 Å². The Kier molecular flexibility index (Phi) is 5.22. The summed E-state index contributed by atoms with van der Waals surface area (Å²) in [7, 11) is 0. The molecule has 2 aromatic rings. The molecule has 0 aliphatic heterocycles. The molecule has 0 unspecified atom stereocenters. The molecule has 11 heteroatoms. The van der Waals surface area contributed by atoms with Crippen LogP contribution in [0.15, 0.2) is 36.4 Å². The minimum atomic E-state index is -5.23. The molecule has 0 aromatic heterocycles. The molecule has 0 saturated heterocycles. The number of benzene rings is 2. The standard InChI is InChI=1S/C17H8F6O5/c18-16(19,20)11-5-7(14(25)26)1-3-9(11)13(24)10-4-2-8(15(27)28)6-12(10)17(21,22)23/h1-6H,(H,25,26)(H,27,28). The molecular weight excluding hydrogens is 398 g/mol. The van der Waals surface area contributed by atoms with Crippen LogP contribution in [0.3, 0.4) is 0 Å². The Morgan fingerprint density at radius 1 is 0.643 bits per heavy atom. The van der Waals surface area contributed by atoms with Crippen LogP contribution in [0.1, 0.15) is 47.8 Å². The lowest BCUT2D eigenvalue weighted by Gasteiger charge is -2.16. The van der Waals surface area contributed by atoms with E-state index in [2.05, 4.69) is 0 Å². The van der Waals surface area contributed by atoms with E-state index in [1.165, 1.54) is 0 Å². The maximum Gasteiger partial charge on any atom is 0.417 e. The number of alkyl halides is 6. The van der Waals surface area contributed by atoms with E-state index in [1.807, 2.05) is 0 Å². The average Bonchev–Trinajstić information content (AvgIpc) is 2.58. The monoisotopic (exact) mass is 406 g/mol. The topological polar surface area (TPSA) is 91.7 Å². The molecule has 0 spiro atoms. The van der Waals surface area contributed by atoms with Crippen LogP contribution in [0.25, 0.3) is 0 Å². The Bertz CT molecular complexity index is 897. The predicted molar refractivity (Wildman–Crippen MR) is 80.2 cm³/mol. The highest BCUT2D eigenvalue weighted by molar-refractivity contribution is 6.11. The Hall–Kier alpha value is -3.37. The summed E-state index contributed by atoms with van der Waals surface area (Å²) in [5.41, 5.74) is -7.50. The number of carbonyl (C=O) groups excluding carboxylic acids is 1. The molecule has 0 saturated carbocycles. The minimum Gasteiger partial charge on any atom is -0.478 e. The van der Waals surface area contributed by atoms with Crippen molar-refractivity contribution in [3.8, 4) is 0 Å². The lowest BCUT2D eigenvalue weighted by atomic mass is 9.92. The van der Waals surface area contributed by atoms with Gasteiger partial charge in [-0.25, -0.2) is 9.59 Å². The second-order valence-electron chi connectivity index (χ2n) is 5.46. The fraction of sp³-hybridized carbons (Fsp3) is 0.118. The highest BCUT2D eigenvalue weighted by atomic mass is 19.4. The summed E-state index contributed by atoms with van der Waals surface area (Å²) >= 11 is 0. The first-order chi connectivity index (χ1) is 12.7. The fourth-order valence-electron chi connectivity index (χ4n) is 2.36. The van der Waals surface area contributed by atoms with Crippen LogP contribution in [-0.2, 0) is 12.4 Å². The van der Waals surface area contributed by atoms with Gasteiger partial charge in [0.2, 0.25) is 0 Å². The van der Waals surface area contributed by atoms with Gasteiger partial charge in [0.05, 0.1) is 22.3 Å². The summed E-state index contributed by atoms with van der Waals surface area (Å²) in [5.74, 6) is -5.15. The molecule has 0 aliphatic carbocycles. The summed E-state index contributed by atoms with van der Waals surface area (Å²) < 4.78 is 79.4. The largest absolute Gasteiger partial charge is 0.478 e. The number of hydrogen-bond donors (Lipinski definition) is 2. The summed E-state index contributed by atoms with van der Waals surface area (Å²) in [4.78, 5) is 34.2. The van der Waals surface area contributed by atoms with Gasteiger partial charge < -0.3 is 10.2 Å². The third kappa shape index (κ3) is 4.13. The third-order valence-electron chi connectivity index (χ3n) is 3.63. The van der Waals surface area contributed by atoms with Gasteiger partial charge in [0.15, 0.2) is 5.78 Å². The number of carboxylic acid groups (broad SMARTS) is 2. The molecule has 2 N–H and O–H groups in total. The van der Waals surface area contributed by atoms with Crippen molar-refractivity contribution in [1.29, 1.82) is 0 Å². The van der Waals surface area contributed by atoms with Crippen LogP contribution in [0.2, 0.25) is 0 Å². The fourth-order valence-corrected chi connectivity index (χ4v) is 2.36. The zero-order valence-electron chi connectivity index (χ0n) is 13.4. The van der Waals surface area contributed by atoms with Crippen LogP contribution in [0.5, 0.6) is 0 Å². The van der Waals surface area contributed by atoms with Crippen LogP contribution in [0.4, 0.5) is 26.3 Å². The number of carbonyl (C=O) groups is 3. The van der Waals surface area contributed by atoms with Gasteiger partial charge in [0.25, 0.3) is 0 Å². The van der Waals surface area contributed by atoms with E-state index in [9.17, 15) is 40.7 Å². The highest BCUT2D eigenvalue weighted by Crippen LogP contribution is 2.37. The number of rotatable bonds is 4. The van der Waals surface area contributed by atoms with Crippen molar-refractivity contribution in [1.82, 2.24) is 0 Å². The van der Waals surface area contributed by atoms with Gasteiger partial charge in [0, 0.05) is 11.1 Å². The summed E-state index contributed by atoms with van der Waals surface area (Å²) in [6.45, 7) is 0. The lowest BCUT2D eigenvalue weighted by molar-refractivity contribution is -0.138. The SMILES string of the molecule is O=C(O)c1ccc(C(=O)c2ccc(C(=O)O)cc2C(F)(F)F)c(C(F)(F)F)c1. The van der Waals surface area contributed by atoms with E-state index in [4.69, 9.17) is 10.2 Å². The summed E-state index contributed by atoms with van der Waals surface area (Å²) in [6, 6.07) is 2.47. The molecule has 2 aromatic carbocycles. The van der Waals surface area contributed by atoms with Crippen molar-refractivity contribution >= 4 is 17.7 Å². The number of ketones is 1. The molecule has 148 valence electrons. The maximum absolute atomic E-state index is 13.2. The Morgan fingerprint density at radius 3 is 1.21 bits per heavy atom. The lowest BCUT2D eigenvalue weighted by Crippen LogP contribution is -2.19. The van der Waals surface area contributed by atoms with E-state index in [0.29, 0.717) is 24.3 Å². The summed E-state index contributed by atoms with van der Waals surface area (Å²) in [5, 5.41) is 17.6. The Balaban J connectivity index is 2.73. The molecule has 0 bridgehead atoms. The van der Waals surface area contributed by atoms with Crippen LogP contribution < -0.4 is 0 Å². The van der Waals surface area contributed by atoms with Crippen LogP contribution >= 0.6 is 0 Å². The smallest absolute Gasteiger partial charge is 0.417 e. The van der Waals surface area contributed by atoms with Gasteiger partial charge in [-0.1, -0.05) is 0 Å². The van der Waals surface area contributed by atoms with Crippen molar-refractivity contribution in [2.24, 2.45) is 0 Å². The zero-order valence-corrected chi connectivity index (χ0v) is 13.4. The normalized spacial score (nSPS) is 11.9. The van der Waals surface area contributed by atoms with Crippen molar-refractivity contribution in [3.63, 3.8) is 0 Å². The molecule has 28 heavy (non-hydrogen) atoms. The number of aromatic carboxylic acids is 2. The molecule has 5 nitrogen and oxygen atoms in total. The molecular formula is C17H8F6O5. The predicted octanol–water partition coefficient (Wildman–Crippen LogP) is 4.35. The molecule has 0 aliphatic rings. The quantitative estimate of drug-likeness (QED) is 0.582. The van der Waals surface area contributed by atoms with Gasteiger partial charge in [-0.2, -0.15) is 26.3 Å². The average molecular weight is 406 g/mol. The molecule has 0 radical (unpaired) electrons. The van der Waals surface area contributed by atoms with Crippen molar-refractivity contribution in [3.05, 3.63) is 69.8 Å². The second kappa shape index (κ2) is 6.98.